The first-order valence-electron chi connectivity index (χ1n) is 3.72. The molecule has 4 nitrogen and oxygen atoms in total. The van der Waals surface area contributed by atoms with Gasteiger partial charge in [0.05, 0.1) is 18.4 Å². The second kappa shape index (κ2) is 4.23. The minimum atomic E-state index is -0.743. The number of ether oxygens (including phenoxy) is 1. The lowest BCUT2D eigenvalue weighted by Gasteiger charge is -2.04. The highest BCUT2D eigenvalue weighted by Crippen LogP contribution is 2.16. The van der Waals surface area contributed by atoms with Crippen LogP contribution in [-0.4, -0.2) is 13.2 Å². The summed E-state index contributed by atoms with van der Waals surface area (Å²) in [6, 6.07) is 5.28. The van der Waals surface area contributed by atoms with Gasteiger partial charge in [0.1, 0.15) is 11.9 Å². The van der Waals surface area contributed by atoms with Gasteiger partial charge in [-0.15, -0.1) is 0 Å². The third kappa shape index (κ3) is 2.20. The molecule has 0 bridgehead atoms. The molecule has 0 saturated carbocycles. The minimum absolute atomic E-state index is 0.0966. The first kappa shape index (κ1) is 9.99. The monoisotopic (exact) mass is 194 g/mol. The summed E-state index contributed by atoms with van der Waals surface area (Å²) in [4.78, 5) is 10.8. The number of nitriles is 1. The van der Waals surface area contributed by atoms with Gasteiger partial charge in [0, 0.05) is 0 Å². The molecule has 0 aliphatic carbocycles. The molecule has 1 amide bonds. The Morgan fingerprint density at radius 3 is 2.93 bits per heavy atom. The molecule has 0 spiro atoms. The third-order valence-corrected chi connectivity index (χ3v) is 1.52. The second-order valence-electron chi connectivity index (χ2n) is 2.42. The van der Waals surface area contributed by atoms with Crippen molar-refractivity contribution in [2.45, 2.75) is 0 Å². The highest BCUT2D eigenvalue weighted by molar-refractivity contribution is 5.86. The van der Waals surface area contributed by atoms with Crippen LogP contribution in [-0.2, 0) is 4.74 Å². The molecule has 1 N–H and O–H groups in total. The van der Waals surface area contributed by atoms with Crippen molar-refractivity contribution in [2.75, 3.05) is 12.4 Å². The van der Waals surface area contributed by atoms with Crippen LogP contribution in [0.4, 0.5) is 14.9 Å². The third-order valence-electron chi connectivity index (χ3n) is 1.52. The lowest BCUT2D eigenvalue weighted by atomic mass is 10.2. The molecule has 72 valence electrons. The smallest absolute Gasteiger partial charge is 0.411 e. The van der Waals surface area contributed by atoms with E-state index < -0.39 is 11.9 Å². The number of anilines is 1. The maximum atomic E-state index is 12.7. The van der Waals surface area contributed by atoms with Gasteiger partial charge >= 0.3 is 6.09 Å². The molecule has 0 fully saturated rings. The first-order chi connectivity index (χ1) is 6.67. The number of carbonyl (C=O) groups is 1. The van der Waals surface area contributed by atoms with Crippen molar-refractivity contribution in [1.29, 1.82) is 5.26 Å². The number of hydrogen-bond donors (Lipinski definition) is 1. The van der Waals surface area contributed by atoms with Crippen molar-refractivity contribution < 1.29 is 13.9 Å². The lowest BCUT2D eigenvalue weighted by Crippen LogP contribution is -2.12. The molecule has 1 rings (SSSR count). The molecule has 0 heterocycles. The Morgan fingerprint density at radius 1 is 1.64 bits per heavy atom. The zero-order valence-electron chi connectivity index (χ0n) is 7.37. The zero-order valence-corrected chi connectivity index (χ0v) is 7.37. The normalized spacial score (nSPS) is 8.93. The first-order valence-corrected chi connectivity index (χ1v) is 3.72. The van der Waals surface area contributed by atoms with E-state index in [1.54, 1.807) is 0 Å². The standard InChI is InChI=1S/C9H7FN2O2/c1-14-9(13)12-8-4-7(10)3-2-6(8)5-11/h2-4H,1H3,(H,12,13). The van der Waals surface area contributed by atoms with Crippen LogP contribution in [0.15, 0.2) is 18.2 Å². The van der Waals surface area contributed by atoms with Gasteiger partial charge in [0.25, 0.3) is 0 Å². The van der Waals surface area contributed by atoms with E-state index in [4.69, 9.17) is 5.26 Å². The van der Waals surface area contributed by atoms with Crippen molar-refractivity contribution in [3.8, 4) is 6.07 Å². The number of amides is 1. The average molecular weight is 194 g/mol. The molecule has 0 aliphatic heterocycles. The van der Waals surface area contributed by atoms with E-state index >= 15 is 0 Å². The van der Waals surface area contributed by atoms with Crippen LogP contribution in [0.25, 0.3) is 0 Å². The SMILES string of the molecule is COC(=O)Nc1cc(F)ccc1C#N. The number of carbonyl (C=O) groups excluding carboxylic acids is 1. The molecule has 5 heteroatoms. The fourth-order valence-corrected chi connectivity index (χ4v) is 0.878. The van der Waals surface area contributed by atoms with Crippen molar-refractivity contribution in [1.82, 2.24) is 0 Å². The quantitative estimate of drug-likeness (QED) is 0.742. The topological polar surface area (TPSA) is 62.1 Å². The van der Waals surface area contributed by atoms with Crippen LogP contribution in [0.2, 0.25) is 0 Å². The van der Waals surface area contributed by atoms with Crippen LogP contribution in [0, 0.1) is 17.1 Å². The Labute approximate surface area is 79.9 Å². The molecular weight excluding hydrogens is 187 g/mol. The van der Waals surface area contributed by atoms with Gasteiger partial charge in [-0.25, -0.2) is 9.18 Å². The van der Waals surface area contributed by atoms with Crippen molar-refractivity contribution in [3.63, 3.8) is 0 Å². The van der Waals surface area contributed by atoms with E-state index in [-0.39, 0.29) is 11.3 Å². The van der Waals surface area contributed by atoms with Gasteiger partial charge in [-0.3, -0.25) is 5.32 Å². The Balaban J connectivity index is 3.00. The second-order valence-corrected chi connectivity index (χ2v) is 2.42. The molecule has 0 aromatic heterocycles. The largest absolute Gasteiger partial charge is 0.453 e. The van der Waals surface area contributed by atoms with Gasteiger partial charge < -0.3 is 4.74 Å². The summed E-state index contributed by atoms with van der Waals surface area (Å²) >= 11 is 0. The Morgan fingerprint density at radius 2 is 2.36 bits per heavy atom. The van der Waals surface area contributed by atoms with E-state index in [1.807, 2.05) is 6.07 Å². The van der Waals surface area contributed by atoms with Crippen LogP contribution in [0.3, 0.4) is 0 Å². The van der Waals surface area contributed by atoms with Crippen LogP contribution in [0.1, 0.15) is 5.56 Å². The van der Waals surface area contributed by atoms with Crippen LogP contribution >= 0.6 is 0 Å². The van der Waals surface area contributed by atoms with E-state index in [1.165, 1.54) is 13.2 Å². The highest BCUT2D eigenvalue weighted by Gasteiger charge is 2.07. The molecule has 0 saturated heterocycles. The summed E-state index contributed by atoms with van der Waals surface area (Å²) in [6.07, 6.45) is -0.743. The van der Waals surface area contributed by atoms with E-state index in [0.29, 0.717) is 0 Å². The summed E-state index contributed by atoms with van der Waals surface area (Å²) in [5.41, 5.74) is 0.274. The van der Waals surface area contributed by atoms with Gasteiger partial charge in [-0.05, 0) is 18.2 Å². The summed E-state index contributed by atoms with van der Waals surface area (Å²) in [6.45, 7) is 0. The van der Waals surface area contributed by atoms with Gasteiger partial charge in [0.2, 0.25) is 0 Å². The number of rotatable bonds is 1. The number of halogens is 1. The molecule has 0 radical (unpaired) electrons. The molecule has 1 aromatic rings. The van der Waals surface area contributed by atoms with E-state index in [0.717, 1.165) is 12.1 Å². The summed E-state index contributed by atoms with van der Waals surface area (Å²) < 4.78 is 17.0. The van der Waals surface area contributed by atoms with Gasteiger partial charge in [-0.1, -0.05) is 0 Å². The molecule has 0 aliphatic rings. The van der Waals surface area contributed by atoms with Crippen molar-refractivity contribution in [2.24, 2.45) is 0 Å². The Kier molecular flexibility index (Phi) is 3.02. The Hall–Kier alpha value is -2.09. The fourth-order valence-electron chi connectivity index (χ4n) is 0.878. The van der Waals surface area contributed by atoms with Crippen molar-refractivity contribution >= 4 is 11.8 Å². The predicted octanol–water partition coefficient (Wildman–Crippen LogP) is 1.88. The minimum Gasteiger partial charge on any atom is -0.453 e. The summed E-state index contributed by atoms with van der Waals surface area (Å²) in [5, 5.41) is 10.9. The molecule has 0 atom stereocenters. The summed E-state index contributed by atoms with van der Waals surface area (Å²) in [7, 11) is 1.18. The molecular formula is C9H7FN2O2. The van der Waals surface area contributed by atoms with Gasteiger partial charge in [-0.2, -0.15) is 5.26 Å². The number of nitrogens with zero attached hydrogens (tertiary/aromatic N) is 1. The van der Waals surface area contributed by atoms with E-state index in [2.05, 4.69) is 10.1 Å². The Bertz CT molecular complexity index is 398. The molecule has 14 heavy (non-hydrogen) atoms. The van der Waals surface area contributed by atoms with Crippen molar-refractivity contribution in [3.05, 3.63) is 29.6 Å². The van der Waals surface area contributed by atoms with Crippen LogP contribution in [0.5, 0.6) is 0 Å². The number of hydrogen-bond acceptors (Lipinski definition) is 3. The van der Waals surface area contributed by atoms with Gasteiger partial charge in [0.15, 0.2) is 0 Å². The fraction of sp³-hybridized carbons (Fsp3) is 0.111. The number of nitrogens with one attached hydrogen (secondary N) is 1. The molecule has 0 unspecified atom stereocenters. The van der Waals surface area contributed by atoms with Crippen LogP contribution < -0.4 is 5.32 Å². The highest BCUT2D eigenvalue weighted by atomic mass is 19.1. The maximum absolute atomic E-state index is 12.7. The summed E-state index contributed by atoms with van der Waals surface area (Å²) in [5.74, 6) is -0.532. The molecule has 1 aromatic carbocycles. The maximum Gasteiger partial charge on any atom is 0.411 e. The number of methoxy groups -OCH3 is 1. The van der Waals surface area contributed by atoms with E-state index in [9.17, 15) is 9.18 Å². The predicted molar refractivity (Wildman–Crippen MR) is 47.1 cm³/mol. The number of benzene rings is 1. The lowest BCUT2D eigenvalue weighted by molar-refractivity contribution is 0.187. The average Bonchev–Trinajstić information content (AvgIpc) is 2.18. The zero-order chi connectivity index (χ0) is 10.6.